The van der Waals surface area contributed by atoms with Gasteiger partial charge in [-0.25, -0.2) is 0 Å². The van der Waals surface area contributed by atoms with E-state index in [1.807, 2.05) is 31.2 Å². The maximum absolute atomic E-state index is 13.2. The van der Waals surface area contributed by atoms with Gasteiger partial charge in [0.2, 0.25) is 11.8 Å². The maximum Gasteiger partial charge on any atom is 0.242 e. The molecule has 0 saturated heterocycles. The number of benzene rings is 2. The summed E-state index contributed by atoms with van der Waals surface area (Å²) in [6, 6.07) is 12.4. The molecule has 2 amide bonds. The van der Waals surface area contributed by atoms with E-state index < -0.39 is 6.04 Å². The summed E-state index contributed by atoms with van der Waals surface area (Å²) in [6.45, 7) is 6.64. The molecule has 1 atom stereocenters. The number of aryl methyl sites for hydroxylation is 1. The molecule has 0 fully saturated rings. The lowest BCUT2D eigenvalue weighted by atomic mass is 10.1. The maximum atomic E-state index is 13.2. The van der Waals surface area contributed by atoms with E-state index in [0.717, 1.165) is 29.5 Å². The molecule has 1 N–H and O–H groups in total. The van der Waals surface area contributed by atoms with Crippen LogP contribution in [0.3, 0.4) is 0 Å². The number of nitrogens with one attached hydrogen (secondary N) is 1. The Kier molecular flexibility index (Phi) is 8.99. The molecule has 29 heavy (non-hydrogen) atoms. The van der Waals surface area contributed by atoms with Crippen LogP contribution < -0.4 is 5.32 Å². The van der Waals surface area contributed by atoms with Crippen LogP contribution >= 0.6 is 23.2 Å². The fourth-order valence-corrected chi connectivity index (χ4v) is 3.52. The summed E-state index contributed by atoms with van der Waals surface area (Å²) < 4.78 is 0. The van der Waals surface area contributed by atoms with Gasteiger partial charge in [0.05, 0.1) is 6.42 Å². The number of carbonyl (C=O) groups excluding carboxylic acids is 2. The molecule has 2 aromatic carbocycles. The number of halogens is 2. The van der Waals surface area contributed by atoms with E-state index in [1.54, 1.807) is 30.0 Å². The molecule has 0 unspecified atom stereocenters. The van der Waals surface area contributed by atoms with Crippen LogP contribution in [0.1, 0.15) is 43.4 Å². The molecule has 2 rings (SSSR count). The Morgan fingerprint density at radius 3 is 2.55 bits per heavy atom. The molecule has 4 nitrogen and oxygen atoms in total. The van der Waals surface area contributed by atoms with Crippen molar-refractivity contribution in [3.8, 4) is 0 Å². The topological polar surface area (TPSA) is 49.4 Å². The first-order valence-electron chi connectivity index (χ1n) is 9.88. The Balaban J connectivity index is 2.23. The van der Waals surface area contributed by atoms with Crippen LogP contribution in [0.15, 0.2) is 42.5 Å². The predicted molar refractivity (Wildman–Crippen MR) is 119 cm³/mol. The number of rotatable bonds is 9. The van der Waals surface area contributed by atoms with E-state index in [1.165, 1.54) is 0 Å². The van der Waals surface area contributed by atoms with Gasteiger partial charge in [-0.2, -0.15) is 0 Å². The zero-order valence-corrected chi connectivity index (χ0v) is 18.7. The molecule has 2 aromatic rings. The molecule has 0 radical (unpaired) electrons. The van der Waals surface area contributed by atoms with E-state index in [4.69, 9.17) is 23.2 Å². The third-order valence-electron chi connectivity index (χ3n) is 4.79. The van der Waals surface area contributed by atoms with Gasteiger partial charge in [0.1, 0.15) is 6.04 Å². The molecule has 0 bridgehead atoms. The van der Waals surface area contributed by atoms with Crippen molar-refractivity contribution in [2.45, 2.75) is 52.6 Å². The van der Waals surface area contributed by atoms with E-state index in [-0.39, 0.29) is 24.8 Å². The number of unbranched alkanes of at least 4 members (excludes halogenated alkanes) is 1. The minimum atomic E-state index is -0.615. The summed E-state index contributed by atoms with van der Waals surface area (Å²) in [5.41, 5.74) is 2.76. The summed E-state index contributed by atoms with van der Waals surface area (Å²) >= 11 is 12.3. The molecule has 156 valence electrons. The molecule has 0 aliphatic carbocycles. The van der Waals surface area contributed by atoms with Crippen LogP contribution in [0, 0.1) is 6.92 Å². The molecule has 0 aliphatic heterocycles. The summed E-state index contributed by atoms with van der Waals surface area (Å²) in [5.74, 6) is -0.291. The van der Waals surface area contributed by atoms with Crippen molar-refractivity contribution in [1.29, 1.82) is 0 Å². The lowest BCUT2D eigenvalue weighted by molar-refractivity contribution is -0.140. The largest absolute Gasteiger partial charge is 0.354 e. The minimum absolute atomic E-state index is 0.125. The normalized spacial score (nSPS) is 11.8. The van der Waals surface area contributed by atoms with E-state index in [9.17, 15) is 9.59 Å². The minimum Gasteiger partial charge on any atom is -0.354 e. The van der Waals surface area contributed by atoms with E-state index in [2.05, 4.69) is 12.2 Å². The van der Waals surface area contributed by atoms with Gasteiger partial charge in [0.25, 0.3) is 0 Å². The van der Waals surface area contributed by atoms with Crippen LogP contribution in [0.25, 0.3) is 0 Å². The molecule has 0 aromatic heterocycles. The SMILES string of the molecule is CCCCNC(=O)[C@H](C)N(Cc1ccc(Cl)cc1Cl)C(=O)Cc1cccc(C)c1. The van der Waals surface area contributed by atoms with Gasteiger partial charge in [-0.1, -0.05) is 72.4 Å². The van der Waals surface area contributed by atoms with Crippen molar-refractivity contribution < 1.29 is 9.59 Å². The summed E-state index contributed by atoms with van der Waals surface area (Å²) in [4.78, 5) is 27.4. The zero-order valence-electron chi connectivity index (χ0n) is 17.2. The fraction of sp³-hybridized carbons (Fsp3) is 0.391. The summed E-state index contributed by atoms with van der Waals surface area (Å²) in [6.07, 6.45) is 2.11. The Bertz CT molecular complexity index is 855. The van der Waals surface area contributed by atoms with E-state index in [0.29, 0.717) is 16.6 Å². The predicted octanol–water partition coefficient (Wildman–Crippen LogP) is 5.18. The second kappa shape index (κ2) is 11.2. The number of amides is 2. The van der Waals surface area contributed by atoms with Crippen molar-refractivity contribution in [3.63, 3.8) is 0 Å². The van der Waals surface area contributed by atoms with Crippen molar-refractivity contribution in [1.82, 2.24) is 10.2 Å². The highest BCUT2D eigenvalue weighted by atomic mass is 35.5. The molecule has 6 heteroatoms. The highest BCUT2D eigenvalue weighted by molar-refractivity contribution is 6.35. The standard InChI is InChI=1S/C23H28Cl2N2O2/c1-4-5-11-26-23(29)17(3)27(15-19-9-10-20(24)14-21(19)25)22(28)13-18-8-6-7-16(2)12-18/h6-10,12,14,17H,4-5,11,13,15H2,1-3H3,(H,26,29)/t17-/m0/s1. The third-order valence-corrected chi connectivity index (χ3v) is 5.38. The summed E-state index contributed by atoms with van der Waals surface area (Å²) in [7, 11) is 0. The number of hydrogen-bond donors (Lipinski definition) is 1. The number of nitrogens with zero attached hydrogens (tertiary/aromatic N) is 1. The Morgan fingerprint density at radius 1 is 1.14 bits per heavy atom. The van der Waals surface area contributed by atoms with Gasteiger partial charge in [-0.15, -0.1) is 0 Å². The van der Waals surface area contributed by atoms with Crippen LogP contribution in [0.5, 0.6) is 0 Å². The average molecular weight is 435 g/mol. The highest BCUT2D eigenvalue weighted by Crippen LogP contribution is 2.23. The first-order valence-corrected chi connectivity index (χ1v) is 10.6. The average Bonchev–Trinajstić information content (AvgIpc) is 2.67. The smallest absolute Gasteiger partial charge is 0.242 e. The molecular formula is C23H28Cl2N2O2. The molecule has 0 saturated carbocycles. The Hall–Kier alpha value is -2.04. The molecule has 0 heterocycles. The Morgan fingerprint density at radius 2 is 1.90 bits per heavy atom. The van der Waals surface area contributed by atoms with Crippen molar-refractivity contribution in [2.24, 2.45) is 0 Å². The fourth-order valence-electron chi connectivity index (χ4n) is 3.05. The third kappa shape index (κ3) is 7.06. The lowest BCUT2D eigenvalue weighted by Crippen LogP contribution is -2.48. The van der Waals surface area contributed by atoms with Gasteiger partial charge in [-0.3, -0.25) is 9.59 Å². The van der Waals surface area contributed by atoms with Gasteiger partial charge in [0, 0.05) is 23.1 Å². The molecular weight excluding hydrogens is 407 g/mol. The van der Waals surface area contributed by atoms with Crippen LogP contribution in [0.4, 0.5) is 0 Å². The van der Waals surface area contributed by atoms with Crippen LogP contribution in [-0.4, -0.2) is 29.3 Å². The second-order valence-corrected chi connectivity index (χ2v) is 8.09. The van der Waals surface area contributed by atoms with E-state index >= 15 is 0 Å². The number of carbonyl (C=O) groups is 2. The van der Waals surface area contributed by atoms with Gasteiger partial charge < -0.3 is 10.2 Å². The lowest BCUT2D eigenvalue weighted by Gasteiger charge is -2.29. The van der Waals surface area contributed by atoms with Gasteiger partial charge >= 0.3 is 0 Å². The van der Waals surface area contributed by atoms with Crippen molar-refractivity contribution >= 4 is 35.0 Å². The molecule has 0 aliphatic rings. The van der Waals surface area contributed by atoms with Crippen molar-refractivity contribution in [3.05, 3.63) is 69.2 Å². The second-order valence-electron chi connectivity index (χ2n) is 7.24. The highest BCUT2D eigenvalue weighted by Gasteiger charge is 2.26. The zero-order chi connectivity index (χ0) is 21.4. The first-order chi connectivity index (χ1) is 13.8. The quantitative estimate of drug-likeness (QED) is 0.552. The van der Waals surface area contributed by atoms with Crippen LogP contribution in [0.2, 0.25) is 10.0 Å². The van der Waals surface area contributed by atoms with Crippen LogP contribution in [-0.2, 0) is 22.6 Å². The first kappa shape index (κ1) is 23.2. The van der Waals surface area contributed by atoms with Crippen molar-refractivity contribution in [2.75, 3.05) is 6.54 Å². The summed E-state index contributed by atoms with van der Waals surface area (Å²) in [5, 5.41) is 3.92. The monoisotopic (exact) mass is 434 g/mol. The molecule has 0 spiro atoms. The Labute approximate surface area is 183 Å². The number of hydrogen-bond acceptors (Lipinski definition) is 2. The van der Waals surface area contributed by atoms with Gasteiger partial charge in [-0.05, 0) is 43.5 Å². The van der Waals surface area contributed by atoms with Gasteiger partial charge in [0.15, 0.2) is 0 Å².